The molecular weight excluding hydrogens is 346 g/mol. The molecule has 0 aromatic heterocycles. The third-order valence-electron chi connectivity index (χ3n) is 4.02. The number of hydrogen-bond acceptors (Lipinski definition) is 3. The van der Waals surface area contributed by atoms with Crippen LogP contribution in [0.3, 0.4) is 0 Å². The molecule has 2 amide bonds. The zero-order valence-corrected chi connectivity index (χ0v) is 14.4. The van der Waals surface area contributed by atoms with Crippen LogP contribution < -0.4 is 5.73 Å². The van der Waals surface area contributed by atoms with E-state index < -0.39 is 0 Å². The number of carbonyl (C=O) groups is 2. The Morgan fingerprint density at radius 3 is 2.41 bits per heavy atom. The number of nitrogens with zero attached hydrogens (tertiary/aromatic N) is 2. The van der Waals surface area contributed by atoms with Crippen molar-refractivity contribution >= 4 is 27.7 Å². The van der Waals surface area contributed by atoms with Gasteiger partial charge in [-0.2, -0.15) is 0 Å². The quantitative estimate of drug-likeness (QED) is 0.859. The number of piperidine rings is 1. The molecule has 0 atom stereocenters. The highest BCUT2D eigenvalue weighted by molar-refractivity contribution is 9.10. The summed E-state index contributed by atoms with van der Waals surface area (Å²) in [6.07, 6.45) is 1.36. The highest BCUT2D eigenvalue weighted by atomic mass is 79.9. The Morgan fingerprint density at radius 1 is 1.27 bits per heavy atom. The van der Waals surface area contributed by atoms with Crippen molar-refractivity contribution in [3.63, 3.8) is 0 Å². The average molecular weight is 368 g/mol. The lowest BCUT2D eigenvalue weighted by molar-refractivity contribution is -0.135. The first-order valence-corrected chi connectivity index (χ1v) is 8.25. The average Bonchev–Trinajstić information content (AvgIpc) is 2.49. The number of primary amides is 1. The van der Waals surface area contributed by atoms with Crippen molar-refractivity contribution in [2.45, 2.75) is 19.4 Å². The first-order valence-electron chi connectivity index (χ1n) is 7.46. The molecule has 0 bridgehead atoms. The van der Waals surface area contributed by atoms with Crippen LogP contribution in [-0.2, 0) is 16.1 Å². The predicted molar refractivity (Wildman–Crippen MR) is 89.0 cm³/mol. The van der Waals surface area contributed by atoms with E-state index in [1.54, 1.807) is 0 Å². The molecule has 22 heavy (non-hydrogen) atoms. The van der Waals surface area contributed by atoms with Crippen LogP contribution >= 0.6 is 15.9 Å². The van der Waals surface area contributed by atoms with E-state index in [2.05, 4.69) is 15.9 Å². The minimum Gasteiger partial charge on any atom is -0.369 e. The Kier molecular flexibility index (Phi) is 5.97. The maximum absolute atomic E-state index is 12.3. The molecular formula is C16H22BrN3O2. The summed E-state index contributed by atoms with van der Waals surface area (Å²) in [6.45, 7) is 2.37. The molecule has 1 fully saturated rings. The standard InChI is InChI=1S/C16H22BrN3O2/c1-19(10-12-2-4-14(17)5-3-12)11-15(21)20-8-6-13(7-9-20)16(18)22/h2-5,13H,6-11H2,1H3,(H2,18,22). The van der Waals surface area contributed by atoms with Gasteiger partial charge in [-0.25, -0.2) is 0 Å². The maximum atomic E-state index is 12.3. The number of benzene rings is 1. The summed E-state index contributed by atoms with van der Waals surface area (Å²) in [5.74, 6) is -0.216. The normalized spacial score (nSPS) is 16.0. The lowest BCUT2D eigenvalue weighted by Gasteiger charge is -2.31. The molecule has 1 heterocycles. The van der Waals surface area contributed by atoms with Crippen LogP contribution in [0.2, 0.25) is 0 Å². The molecule has 1 aliphatic rings. The topological polar surface area (TPSA) is 66.6 Å². The second-order valence-corrected chi connectivity index (χ2v) is 6.77. The Bertz CT molecular complexity index is 525. The molecule has 0 spiro atoms. The summed E-state index contributed by atoms with van der Waals surface area (Å²) in [6, 6.07) is 8.09. The van der Waals surface area contributed by atoms with Gasteiger partial charge in [0.2, 0.25) is 11.8 Å². The van der Waals surface area contributed by atoms with Crippen LogP contribution in [0.15, 0.2) is 28.7 Å². The minimum absolute atomic E-state index is 0.0791. The second-order valence-electron chi connectivity index (χ2n) is 5.86. The van der Waals surface area contributed by atoms with Crippen molar-refractivity contribution in [1.82, 2.24) is 9.80 Å². The summed E-state index contributed by atoms with van der Waals surface area (Å²) in [4.78, 5) is 27.3. The van der Waals surface area contributed by atoms with Gasteiger partial charge in [0, 0.05) is 30.0 Å². The van der Waals surface area contributed by atoms with Gasteiger partial charge in [-0.05, 0) is 37.6 Å². The first-order chi connectivity index (χ1) is 10.5. The van der Waals surface area contributed by atoms with Crippen LogP contribution in [-0.4, -0.2) is 48.3 Å². The van der Waals surface area contributed by atoms with Crippen LogP contribution in [0.5, 0.6) is 0 Å². The van der Waals surface area contributed by atoms with Crippen molar-refractivity contribution in [3.05, 3.63) is 34.3 Å². The number of hydrogen-bond donors (Lipinski definition) is 1. The van der Waals surface area contributed by atoms with Crippen molar-refractivity contribution in [3.8, 4) is 0 Å². The van der Waals surface area contributed by atoms with E-state index in [1.807, 2.05) is 41.1 Å². The highest BCUT2D eigenvalue weighted by Crippen LogP contribution is 2.17. The van der Waals surface area contributed by atoms with Gasteiger partial charge in [0.1, 0.15) is 0 Å². The Labute approximate surface area is 139 Å². The molecule has 2 N–H and O–H groups in total. The highest BCUT2D eigenvalue weighted by Gasteiger charge is 2.26. The zero-order chi connectivity index (χ0) is 16.1. The largest absolute Gasteiger partial charge is 0.369 e. The van der Waals surface area contributed by atoms with Gasteiger partial charge in [0.15, 0.2) is 0 Å². The fraction of sp³-hybridized carbons (Fsp3) is 0.500. The Hall–Kier alpha value is -1.40. The van der Waals surface area contributed by atoms with Crippen molar-refractivity contribution in [1.29, 1.82) is 0 Å². The summed E-state index contributed by atoms with van der Waals surface area (Å²) >= 11 is 3.41. The summed E-state index contributed by atoms with van der Waals surface area (Å²) < 4.78 is 1.05. The predicted octanol–water partition coefficient (Wildman–Crippen LogP) is 1.60. The van der Waals surface area contributed by atoms with Gasteiger partial charge in [0.05, 0.1) is 6.54 Å². The number of nitrogens with two attached hydrogens (primary N) is 1. The second kappa shape index (κ2) is 7.74. The van der Waals surface area contributed by atoms with Crippen LogP contribution in [0, 0.1) is 5.92 Å². The van der Waals surface area contributed by atoms with E-state index >= 15 is 0 Å². The Balaban J connectivity index is 1.79. The van der Waals surface area contributed by atoms with Crippen molar-refractivity contribution in [2.75, 3.05) is 26.7 Å². The molecule has 0 aliphatic carbocycles. The van der Waals surface area contributed by atoms with Gasteiger partial charge in [0.25, 0.3) is 0 Å². The van der Waals surface area contributed by atoms with E-state index in [9.17, 15) is 9.59 Å². The van der Waals surface area contributed by atoms with Crippen LogP contribution in [0.1, 0.15) is 18.4 Å². The SMILES string of the molecule is CN(CC(=O)N1CCC(C(N)=O)CC1)Cc1ccc(Br)cc1. The molecule has 0 unspecified atom stereocenters. The number of carbonyl (C=O) groups excluding carboxylic acids is 2. The fourth-order valence-corrected chi connectivity index (χ4v) is 2.97. The third kappa shape index (κ3) is 4.81. The van der Waals surface area contributed by atoms with Crippen molar-refractivity contribution < 1.29 is 9.59 Å². The van der Waals surface area contributed by atoms with Crippen LogP contribution in [0.4, 0.5) is 0 Å². The molecule has 0 radical (unpaired) electrons. The lowest BCUT2D eigenvalue weighted by atomic mass is 9.96. The number of halogens is 1. The summed E-state index contributed by atoms with van der Waals surface area (Å²) in [5.41, 5.74) is 6.48. The molecule has 6 heteroatoms. The van der Waals surface area contributed by atoms with Crippen molar-refractivity contribution in [2.24, 2.45) is 11.7 Å². The molecule has 2 rings (SSSR count). The van der Waals surface area contributed by atoms with Gasteiger partial charge < -0.3 is 10.6 Å². The summed E-state index contributed by atoms with van der Waals surface area (Å²) in [5, 5.41) is 0. The maximum Gasteiger partial charge on any atom is 0.236 e. The summed E-state index contributed by atoms with van der Waals surface area (Å²) in [7, 11) is 1.94. The third-order valence-corrected chi connectivity index (χ3v) is 4.55. The molecule has 0 saturated carbocycles. The van der Waals surface area contributed by atoms with Crippen LogP contribution in [0.25, 0.3) is 0 Å². The molecule has 1 saturated heterocycles. The number of likely N-dealkylation sites (N-methyl/N-ethyl adjacent to an activating group) is 1. The minimum atomic E-state index is -0.251. The molecule has 1 aliphatic heterocycles. The van der Waals surface area contributed by atoms with Gasteiger partial charge in [-0.3, -0.25) is 14.5 Å². The molecule has 120 valence electrons. The van der Waals surface area contributed by atoms with Gasteiger partial charge in [-0.1, -0.05) is 28.1 Å². The molecule has 1 aromatic carbocycles. The van der Waals surface area contributed by atoms with E-state index in [1.165, 1.54) is 5.56 Å². The number of likely N-dealkylation sites (tertiary alicyclic amines) is 1. The van der Waals surface area contributed by atoms with E-state index in [0.717, 1.165) is 11.0 Å². The van der Waals surface area contributed by atoms with Gasteiger partial charge >= 0.3 is 0 Å². The van der Waals surface area contributed by atoms with E-state index in [4.69, 9.17) is 5.73 Å². The molecule has 1 aromatic rings. The van der Waals surface area contributed by atoms with E-state index in [-0.39, 0.29) is 17.7 Å². The fourth-order valence-electron chi connectivity index (χ4n) is 2.70. The smallest absolute Gasteiger partial charge is 0.236 e. The first kappa shape index (κ1) is 17.0. The molecule has 5 nitrogen and oxygen atoms in total. The number of rotatable bonds is 5. The zero-order valence-electron chi connectivity index (χ0n) is 12.8. The Morgan fingerprint density at radius 2 is 1.86 bits per heavy atom. The lowest BCUT2D eigenvalue weighted by Crippen LogP contribution is -2.45. The van der Waals surface area contributed by atoms with Gasteiger partial charge in [-0.15, -0.1) is 0 Å². The van der Waals surface area contributed by atoms with E-state index in [0.29, 0.717) is 32.5 Å². The number of amides is 2. The monoisotopic (exact) mass is 367 g/mol.